The van der Waals surface area contributed by atoms with E-state index < -0.39 is 0 Å². The standard InChI is InChI=1S/C17H21NO/c1-2-3-4-12-17(19)18-13-15-10-7-9-14-8-5-6-11-16(14)15/h5-11H,2-4,12-13H2,1H3,(H,18,19). The molecule has 2 aromatic rings. The Bertz CT molecular complexity index is 542. The Labute approximate surface area is 114 Å². The van der Waals surface area contributed by atoms with Crippen LogP contribution in [0, 0.1) is 0 Å². The molecule has 0 aliphatic rings. The molecule has 0 heterocycles. The van der Waals surface area contributed by atoms with E-state index in [-0.39, 0.29) is 5.91 Å². The van der Waals surface area contributed by atoms with E-state index in [2.05, 4.69) is 36.5 Å². The Morgan fingerprint density at radius 1 is 1.05 bits per heavy atom. The lowest BCUT2D eigenvalue weighted by Crippen LogP contribution is -2.22. The molecule has 0 saturated carbocycles. The lowest BCUT2D eigenvalue weighted by molar-refractivity contribution is -0.121. The number of fused-ring (bicyclic) bond motifs is 1. The molecule has 19 heavy (non-hydrogen) atoms. The van der Waals surface area contributed by atoms with Gasteiger partial charge in [-0.25, -0.2) is 0 Å². The highest BCUT2D eigenvalue weighted by Gasteiger charge is 2.03. The largest absolute Gasteiger partial charge is 0.352 e. The highest BCUT2D eigenvalue weighted by Crippen LogP contribution is 2.18. The maximum Gasteiger partial charge on any atom is 0.220 e. The Kier molecular flexibility index (Phi) is 4.96. The van der Waals surface area contributed by atoms with Crippen molar-refractivity contribution in [3.05, 3.63) is 48.0 Å². The number of unbranched alkanes of at least 4 members (excludes halogenated alkanes) is 2. The first-order chi connectivity index (χ1) is 9.31. The van der Waals surface area contributed by atoms with Crippen LogP contribution < -0.4 is 5.32 Å². The van der Waals surface area contributed by atoms with Gasteiger partial charge in [0.1, 0.15) is 0 Å². The zero-order valence-electron chi connectivity index (χ0n) is 11.5. The third-order valence-electron chi connectivity index (χ3n) is 3.36. The SMILES string of the molecule is CCCCCC(=O)NCc1cccc2ccccc12. The van der Waals surface area contributed by atoms with Gasteiger partial charge in [0.2, 0.25) is 5.91 Å². The summed E-state index contributed by atoms with van der Waals surface area (Å²) in [5, 5.41) is 5.45. The van der Waals surface area contributed by atoms with Gasteiger partial charge < -0.3 is 5.32 Å². The second-order valence-electron chi connectivity index (χ2n) is 4.87. The van der Waals surface area contributed by atoms with Gasteiger partial charge in [-0.15, -0.1) is 0 Å². The van der Waals surface area contributed by atoms with Crippen molar-refractivity contribution in [2.75, 3.05) is 0 Å². The molecule has 0 aliphatic carbocycles. The van der Waals surface area contributed by atoms with Crippen molar-refractivity contribution in [2.24, 2.45) is 0 Å². The molecule has 0 unspecified atom stereocenters. The summed E-state index contributed by atoms with van der Waals surface area (Å²) >= 11 is 0. The first kappa shape index (κ1) is 13.6. The van der Waals surface area contributed by atoms with Crippen LogP contribution in [-0.2, 0) is 11.3 Å². The van der Waals surface area contributed by atoms with E-state index in [1.165, 1.54) is 16.3 Å². The summed E-state index contributed by atoms with van der Waals surface area (Å²) < 4.78 is 0. The van der Waals surface area contributed by atoms with Gasteiger partial charge in [-0.3, -0.25) is 4.79 Å². The molecule has 0 radical (unpaired) electrons. The summed E-state index contributed by atoms with van der Waals surface area (Å²) in [6.45, 7) is 2.76. The minimum atomic E-state index is 0.154. The van der Waals surface area contributed by atoms with Crippen LogP contribution in [0.2, 0.25) is 0 Å². The number of carbonyl (C=O) groups is 1. The van der Waals surface area contributed by atoms with Crippen molar-refractivity contribution < 1.29 is 4.79 Å². The first-order valence-corrected chi connectivity index (χ1v) is 7.04. The molecule has 0 fully saturated rings. The molecule has 1 N–H and O–H groups in total. The summed E-state index contributed by atoms with van der Waals surface area (Å²) in [6.07, 6.45) is 3.90. The lowest BCUT2D eigenvalue weighted by atomic mass is 10.0. The predicted octanol–water partition coefficient (Wildman–Crippen LogP) is 4.04. The number of amides is 1. The number of carbonyl (C=O) groups excluding carboxylic acids is 1. The Balaban J connectivity index is 1.96. The average molecular weight is 255 g/mol. The quantitative estimate of drug-likeness (QED) is 0.776. The van der Waals surface area contributed by atoms with Gasteiger partial charge in [0.15, 0.2) is 0 Å². The van der Waals surface area contributed by atoms with E-state index in [4.69, 9.17) is 0 Å². The molecular formula is C17H21NO. The van der Waals surface area contributed by atoms with Crippen molar-refractivity contribution in [3.8, 4) is 0 Å². The smallest absolute Gasteiger partial charge is 0.220 e. The van der Waals surface area contributed by atoms with Crippen molar-refractivity contribution in [2.45, 2.75) is 39.2 Å². The third kappa shape index (κ3) is 3.82. The second-order valence-corrected chi connectivity index (χ2v) is 4.87. The Hall–Kier alpha value is -1.83. The van der Waals surface area contributed by atoms with Gasteiger partial charge in [0.05, 0.1) is 0 Å². The lowest BCUT2D eigenvalue weighted by Gasteiger charge is -2.08. The Morgan fingerprint density at radius 2 is 1.84 bits per heavy atom. The van der Waals surface area contributed by atoms with Crippen LogP contribution in [-0.4, -0.2) is 5.91 Å². The highest BCUT2D eigenvalue weighted by molar-refractivity contribution is 5.86. The van der Waals surface area contributed by atoms with Crippen LogP contribution in [0.25, 0.3) is 10.8 Å². The van der Waals surface area contributed by atoms with Crippen LogP contribution in [0.1, 0.15) is 38.2 Å². The number of hydrogen-bond donors (Lipinski definition) is 1. The van der Waals surface area contributed by atoms with Crippen molar-refractivity contribution in [1.29, 1.82) is 0 Å². The highest BCUT2D eigenvalue weighted by atomic mass is 16.1. The molecule has 0 atom stereocenters. The van der Waals surface area contributed by atoms with Crippen molar-refractivity contribution >= 4 is 16.7 Å². The number of rotatable bonds is 6. The van der Waals surface area contributed by atoms with Crippen LogP contribution in [0.4, 0.5) is 0 Å². The third-order valence-corrected chi connectivity index (χ3v) is 3.36. The van der Waals surface area contributed by atoms with Gasteiger partial charge in [0, 0.05) is 13.0 Å². The summed E-state index contributed by atoms with van der Waals surface area (Å²) in [4.78, 5) is 11.7. The van der Waals surface area contributed by atoms with E-state index in [1.54, 1.807) is 0 Å². The molecule has 0 aliphatic heterocycles. The maximum absolute atomic E-state index is 11.7. The topological polar surface area (TPSA) is 29.1 Å². The van der Waals surface area contributed by atoms with E-state index in [1.807, 2.05) is 18.2 Å². The minimum Gasteiger partial charge on any atom is -0.352 e. The van der Waals surface area contributed by atoms with Crippen molar-refractivity contribution in [3.63, 3.8) is 0 Å². The zero-order valence-corrected chi connectivity index (χ0v) is 11.5. The van der Waals surface area contributed by atoms with E-state index in [0.29, 0.717) is 13.0 Å². The average Bonchev–Trinajstić information content (AvgIpc) is 2.45. The molecular weight excluding hydrogens is 234 g/mol. The fraction of sp³-hybridized carbons (Fsp3) is 0.353. The maximum atomic E-state index is 11.7. The normalized spacial score (nSPS) is 10.6. The van der Waals surface area contributed by atoms with Crippen LogP contribution >= 0.6 is 0 Å². The molecule has 2 rings (SSSR count). The van der Waals surface area contributed by atoms with Crippen molar-refractivity contribution in [1.82, 2.24) is 5.32 Å². The summed E-state index contributed by atoms with van der Waals surface area (Å²) in [7, 11) is 0. The van der Waals surface area contributed by atoms with Crippen LogP contribution in [0.3, 0.4) is 0 Å². The molecule has 1 amide bonds. The van der Waals surface area contributed by atoms with Gasteiger partial charge in [-0.05, 0) is 22.8 Å². The van der Waals surface area contributed by atoms with Gasteiger partial charge in [-0.1, -0.05) is 62.2 Å². The molecule has 2 nitrogen and oxygen atoms in total. The molecule has 2 heteroatoms. The van der Waals surface area contributed by atoms with Crippen LogP contribution in [0.15, 0.2) is 42.5 Å². The number of nitrogens with one attached hydrogen (secondary N) is 1. The minimum absolute atomic E-state index is 0.154. The van der Waals surface area contributed by atoms with Gasteiger partial charge >= 0.3 is 0 Å². The zero-order chi connectivity index (χ0) is 13.5. The summed E-state index contributed by atoms with van der Waals surface area (Å²) in [5.41, 5.74) is 1.18. The molecule has 0 bridgehead atoms. The summed E-state index contributed by atoms with van der Waals surface area (Å²) in [5.74, 6) is 0.154. The monoisotopic (exact) mass is 255 g/mol. The first-order valence-electron chi connectivity index (χ1n) is 7.04. The van der Waals surface area contributed by atoms with E-state index in [0.717, 1.165) is 19.3 Å². The molecule has 0 saturated heterocycles. The molecule has 100 valence electrons. The number of hydrogen-bond acceptors (Lipinski definition) is 1. The fourth-order valence-corrected chi connectivity index (χ4v) is 2.26. The number of benzene rings is 2. The van der Waals surface area contributed by atoms with E-state index in [9.17, 15) is 4.79 Å². The summed E-state index contributed by atoms with van der Waals surface area (Å²) in [6, 6.07) is 14.5. The fourth-order valence-electron chi connectivity index (χ4n) is 2.26. The van der Waals surface area contributed by atoms with E-state index >= 15 is 0 Å². The van der Waals surface area contributed by atoms with Crippen LogP contribution in [0.5, 0.6) is 0 Å². The Morgan fingerprint density at radius 3 is 2.68 bits per heavy atom. The predicted molar refractivity (Wildman–Crippen MR) is 79.9 cm³/mol. The molecule has 0 aromatic heterocycles. The second kappa shape index (κ2) is 6.93. The van der Waals surface area contributed by atoms with Gasteiger partial charge in [-0.2, -0.15) is 0 Å². The van der Waals surface area contributed by atoms with Gasteiger partial charge in [0.25, 0.3) is 0 Å². The molecule has 2 aromatic carbocycles. The molecule has 0 spiro atoms.